The van der Waals surface area contributed by atoms with E-state index in [9.17, 15) is 4.79 Å². The Balaban J connectivity index is 2.14. The highest BCUT2D eigenvalue weighted by Crippen LogP contribution is 2.20. The van der Waals surface area contributed by atoms with Crippen LogP contribution in [0.25, 0.3) is 5.69 Å². The monoisotopic (exact) mass is 319 g/mol. The molecule has 0 bridgehead atoms. The normalized spacial score (nSPS) is 10.7. The third kappa shape index (κ3) is 3.85. The number of amides is 1. The van der Waals surface area contributed by atoms with Gasteiger partial charge in [0.15, 0.2) is 0 Å². The number of hydrogen-bond donors (Lipinski definition) is 0. The second-order valence-electron chi connectivity index (χ2n) is 5.07. The van der Waals surface area contributed by atoms with Crippen molar-refractivity contribution < 1.29 is 4.79 Å². The van der Waals surface area contributed by atoms with E-state index >= 15 is 0 Å². The third-order valence-corrected chi connectivity index (χ3v) is 4.24. The lowest BCUT2D eigenvalue weighted by Crippen LogP contribution is -2.31. The molecular weight excluding hydrogens is 298 g/mol. The fraction of sp³-hybridized carbons (Fsp3) is 0.467. The Morgan fingerprint density at radius 1 is 1.18 bits per heavy atom. The van der Waals surface area contributed by atoms with Crippen molar-refractivity contribution in [1.29, 1.82) is 0 Å². The number of nitrogens with zero attached hydrogens (tertiary/aromatic N) is 5. The smallest absolute Gasteiger partial charge is 0.233 e. The van der Waals surface area contributed by atoms with E-state index in [2.05, 4.69) is 21.6 Å². The average Bonchev–Trinajstić information content (AvgIpc) is 2.93. The summed E-state index contributed by atoms with van der Waals surface area (Å²) in [5.74, 6) is 0.442. The van der Waals surface area contributed by atoms with E-state index in [0.29, 0.717) is 10.9 Å². The van der Waals surface area contributed by atoms with Crippen LogP contribution in [0.1, 0.15) is 25.0 Å². The van der Waals surface area contributed by atoms with Gasteiger partial charge >= 0.3 is 0 Å². The van der Waals surface area contributed by atoms with Crippen LogP contribution in [-0.2, 0) is 4.79 Å². The molecule has 0 radical (unpaired) electrons. The van der Waals surface area contributed by atoms with E-state index < -0.39 is 0 Å². The van der Waals surface area contributed by atoms with Crippen LogP contribution in [0.3, 0.4) is 0 Å². The largest absolute Gasteiger partial charge is 0.343 e. The zero-order chi connectivity index (χ0) is 16.1. The number of carbonyl (C=O) groups is 1. The zero-order valence-electron chi connectivity index (χ0n) is 13.4. The number of aryl methyl sites for hydroxylation is 2. The molecule has 0 unspecified atom stereocenters. The van der Waals surface area contributed by atoms with Gasteiger partial charge in [-0.1, -0.05) is 17.8 Å². The predicted molar refractivity (Wildman–Crippen MR) is 87.3 cm³/mol. The van der Waals surface area contributed by atoms with Gasteiger partial charge < -0.3 is 4.90 Å². The first kappa shape index (κ1) is 16.5. The van der Waals surface area contributed by atoms with Gasteiger partial charge in [-0.25, -0.2) is 0 Å². The molecule has 2 rings (SSSR count). The molecule has 0 spiro atoms. The minimum Gasteiger partial charge on any atom is -0.343 e. The van der Waals surface area contributed by atoms with E-state index in [1.165, 1.54) is 11.8 Å². The van der Waals surface area contributed by atoms with Gasteiger partial charge in [0.25, 0.3) is 0 Å². The molecule has 2 aromatic rings. The first-order chi connectivity index (χ1) is 10.5. The summed E-state index contributed by atoms with van der Waals surface area (Å²) in [5, 5.41) is 12.4. The van der Waals surface area contributed by atoms with Crippen molar-refractivity contribution >= 4 is 17.7 Å². The number of carbonyl (C=O) groups excluding carboxylic acids is 1. The summed E-state index contributed by atoms with van der Waals surface area (Å²) in [5.41, 5.74) is 3.22. The molecule has 0 aliphatic carbocycles. The summed E-state index contributed by atoms with van der Waals surface area (Å²) in [4.78, 5) is 13.9. The van der Waals surface area contributed by atoms with Crippen LogP contribution < -0.4 is 0 Å². The predicted octanol–water partition coefficient (Wildman–Crippen LogP) is 2.24. The molecule has 1 aromatic carbocycles. The molecule has 6 nitrogen and oxygen atoms in total. The van der Waals surface area contributed by atoms with Crippen LogP contribution in [-0.4, -0.2) is 49.9 Å². The molecule has 1 aromatic heterocycles. The van der Waals surface area contributed by atoms with Gasteiger partial charge in [-0.2, -0.15) is 4.68 Å². The molecule has 0 fully saturated rings. The minimum absolute atomic E-state index is 0.102. The molecular formula is C15H21N5OS. The van der Waals surface area contributed by atoms with E-state index in [1.54, 1.807) is 9.58 Å². The van der Waals surface area contributed by atoms with Gasteiger partial charge in [0.05, 0.1) is 11.4 Å². The highest BCUT2D eigenvalue weighted by molar-refractivity contribution is 7.99. The van der Waals surface area contributed by atoms with Crippen molar-refractivity contribution in [3.05, 3.63) is 29.3 Å². The van der Waals surface area contributed by atoms with Crippen LogP contribution >= 0.6 is 11.8 Å². The van der Waals surface area contributed by atoms with E-state index in [1.807, 2.05) is 39.8 Å². The number of thioether (sulfide) groups is 1. The molecule has 118 valence electrons. The molecule has 0 aliphatic heterocycles. The molecule has 1 heterocycles. The van der Waals surface area contributed by atoms with Crippen LogP contribution in [0, 0.1) is 13.8 Å². The van der Waals surface area contributed by atoms with Gasteiger partial charge in [0, 0.05) is 13.1 Å². The zero-order valence-corrected chi connectivity index (χ0v) is 14.2. The fourth-order valence-electron chi connectivity index (χ4n) is 2.30. The lowest BCUT2D eigenvalue weighted by molar-refractivity contribution is -0.127. The van der Waals surface area contributed by atoms with Crippen molar-refractivity contribution in [2.45, 2.75) is 32.9 Å². The maximum absolute atomic E-state index is 12.1. The summed E-state index contributed by atoms with van der Waals surface area (Å²) in [6.45, 7) is 9.47. The number of rotatable bonds is 6. The van der Waals surface area contributed by atoms with E-state index in [0.717, 1.165) is 29.9 Å². The second kappa shape index (κ2) is 7.40. The summed E-state index contributed by atoms with van der Waals surface area (Å²) in [7, 11) is 0. The van der Waals surface area contributed by atoms with Gasteiger partial charge in [-0.05, 0) is 61.4 Å². The number of hydrogen-bond acceptors (Lipinski definition) is 5. The quantitative estimate of drug-likeness (QED) is 0.764. The third-order valence-electron chi connectivity index (χ3n) is 3.33. The van der Waals surface area contributed by atoms with Gasteiger partial charge in [0.1, 0.15) is 0 Å². The Morgan fingerprint density at radius 3 is 2.41 bits per heavy atom. The summed E-state index contributed by atoms with van der Waals surface area (Å²) in [6, 6.07) is 6.16. The molecule has 0 aliphatic rings. The highest BCUT2D eigenvalue weighted by Gasteiger charge is 2.14. The first-order valence-electron chi connectivity index (χ1n) is 7.32. The topological polar surface area (TPSA) is 63.9 Å². The number of benzene rings is 1. The summed E-state index contributed by atoms with van der Waals surface area (Å²) < 4.78 is 1.68. The minimum atomic E-state index is 0.102. The fourth-order valence-corrected chi connectivity index (χ4v) is 3.09. The molecule has 7 heteroatoms. The van der Waals surface area contributed by atoms with Crippen LogP contribution in [0.15, 0.2) is 23.4 Å². The summed E-state index contributed by atoms with van der Waals surface area (Å²) >= 11 is 1.36. The SMILES string of the molecule is CCN(CC)C(=O)CSc1nnnn1-c1cc(C)cc(C)c1. The van der Waals surface area contributed by atoms with E-state index in [4.69, 9.17) is 0 Å². The standard InChI is InChI=1S/C15H21N5OS/c1-5-19(6-2)14(21)10-22-15-16-17-18-20(15)13-8-11(3)7-12(4)9-13/h7-9H,5-6,10H2,1-4H3. The van der Waals surface area contributed by atoms with Crippen molar-refractivity contribution in [3.63, 3.8) is 0 Å². The highest BCUT2D eigenvalue weighted by atomic mass is 32.2. The maximum Gasteiger partial charge on any atom is 0.233 e. The van der Waals surface area contributed by atoms with Crippen LogP contribution in [0.4, 0.5) is 0 Å². The Morgan fingerprint density at radius 2 is 1.82 bits per heavy atom. The van der Waals surface area contributed by atoms with Crippen molar-refractivity contribution in [2.24, 2.45) is 0 Å². The Hall–Kier alpha value is -1.89. The molecule has 0 saturated heterocycles. The van der Waals surface area contributed by atoms with E-state index in [-0.39, 0.29) is 5.91 Å². The number of aromatic nitrogens is 4. The van der Waals surface area contributed by atoms with Crippen molar-refractivity contribution in [3.8, 4) is 5.69 Å². The molecule has 0 atom stereocenters. The van der Waals surface area contributed by atoms with Gasteiger partial charge in [-0.15, -0.1) is 5.10 Å². The molecule has 0 saturated carbocycles. The van der Waals surface area contributed by atoms with Gasteiger partial charge in [0.2, 0.25) is 11.1 Å². The summed E-state index contributed by atoms with van der Waals surface area (Å²) in [6.07, 6.45) is 0. The van der Waals surface area contributed by atoms with Crippen LogP contribution in [0.2, 0.25) is 0 Å². The van der Waals surface area contributed by atoms with Crippen molar-refractivity contribution in [2.75, 3.05) is 18.8 Å². The number of tetrazole rings is 1. The molecule has 1 amide bonds. The Bertz CT molecular complexity index is 631. The van der Waals surface area contributed by atoms with Gasteiger partial charge in [-0.3, -0.25) is 4.79 Å². The lowest BCUT2D eigenvalue weighted by Gasteiger charge is -2.17. The first-order valence-corrected chi connectivity index (χ1v) is 8.31. The average molecular weight is 319 g/mol. The Kier molecular flexibility index (Phi) is 5.54. The van der Waals surface area contributed by atoms with Crippen LogP contribution in [0.5, 0.6) is 0 Å². The lowest BCUT2D eigenvalue weighted by atomic mass is 10.1. The molecule has 22 heavy (non-hydrogen) atoms. The second-order valence-corrected chi connectivity index (χ2v) is 6.02. The maximum atomic E-state index is 12.1. The molecule has 0 N–H and O–H groups in total. The van der Waals surface area contributed by atoms with Crippen molar-refractivity contribution in [1.82, 2.24) is 25.1 Å². The Labute approximate surface area is 134 Å².